The predicted molar refractivity (Wildman–Crippen MR) is 117 cm³/mol. The maximum absolute atomic E-state index is 11.8. The topological polar surface area (TPSA) is 102 Å². The van der Waals surface area contributed by atoms with Gasteiger partial charge in [-0.1, -0.05) is 30.3 Å². The maximum Gasteiger partial charge on any atom is 0.379 e. The summed E-state index contributed by atoms with van der Waals surface area (Å²) in [5, 5.41) is 3.31. The van der Waals surface area contributed by atoms with Crippen LogP contribution in [0, 0.1) is 0 Å². The van der Waals surface area contributed by atoms with E-state index in [2.05, 4.69) is 5.32 Å². The number of ether oxygens (including phenoxy) is 6. The standard InChI is InChI=1S/C23H35NO8/c25-22(20-4-2-1-3-5-20)23(26)32-19-17-30-15-13-28-11-10-27-12-14-29-16-18-31-21-6-8-24-9-7-21/h1-5,21,24H,6-19H2. The van der Waals surface area contributed by atoms with Crippen molar-refractivity contribution in [2.75, 3.05) is 79.2 Å². The highest BCUT2D eigenvalue weighted by Gasteiger charge is 2.17. The van der Waals surface area contributed by atoms with Gasteiger partial charge in [0.2, 0.25) is 0 Å². The quantitative estimate of drug-likeness (QED) is 0.152. The van der Waals surface area contributed by atoms with Crippen LogP contribution in [0.5, 0.6) is 0 Å². The highest BCUT2D eigenvalue weighted by molar-refractivity contribution is 6.40. The van der Waals surface area contributed by atoms with Gasteiger partial charge in [-0.15, -0.1) is 0 Å². The van der Waals surface area contributed by atoms with E-state index in [-0.39, 0.29) is 13.2 Å². The summed E-state index contributed by atoms with van der Waals surface area (Å²) in [5.74, 6) is -1.55. The first kappa shape index (κ1) is 26.4. The summed E-state index contributed by atoms with van der Waals surface area (Å²) in [5.41, 5.74) is 0.308. The van der Waals surface area contributed by atoms with Gasteiger partial charge in [0.1, 0.15) is 6.61 Å². The molecule has 9 nitrogen and oxygen atoms in total. The number of ketones is 1. The minimum atomic E-state index is -0.883. The number of benzene rings is 1. The zero-order valence-electron chi connectivity index (χ0n) is 18.6. The van der Waals surface area contributed by atoms with Gasteiger partial charge in [-0.3, -0.25) is 4.79 Å². The van der Waals surface area contributed by atoms with Crippen LogP contribution in [-0.4, -0.2) is 97.0 Å². The van der Waals surface area contributed by atoms with Crippen molar-refractivity contribution in [3.05, 3.63) is 35.9 Å². The molecule has 1 saturated heterocycles. The fourth-order valence-corrected chi connectivity index (χ4v) is 2.96. The largest absolute Gasteiger partial charge is 0.457 e. The summed E-state index contributed by atoms with van der Waals surface area (Å²) in [4.78, 5) is 23.5. The van der Waals surface area contributed by atoms with Crippen molar-refractivity contribution >= 4 is 11.8 Å². The van der Waals surface area contributed by atoms with Gasteiger partial charge >= 0.3 is 5.97 Å². The normalized spacial score (nSPS) is 14.4. The molecule has 0 spiro atoms. The monoisotopic (exact) mass is 453 g/mol. The smallest absolute Gasteiger partial charge is 0.379 e. The van der Waals surface area contributed by atoms with E-state index < -0.39 is 11.8 Å². The van der Waals surface area contributed by atoms with Crippen LogP contribution in [0.3, 0.4) is 0 Å². The van der Waals surface area contributed by atoms with Gasteiger partial charge in [0.15, 0.2) is 0 Å². The number of Topliss-reactive ketones (excluding diaryl/α,β-unsaturated/α-hetero) is 1. The Morgan fingerprint density at radius 1 is 0.719 bits per heavy atom. The number of esters is 1. The summed E-state index contributed by atoms with van der Waals surface area (Å²) in [6, 6.07) is 8.29. The fraction of sp³-hybridized carbons (Fsp3) is 0.652. The highest BCUT2D eigenvalue weighted by atomic mass is 16.6. The molecular weight excluding hydrogens is 418 g/mol. The molecule has 32 heavy (non-hydrogen) atoms. The third kappa shape index (κ3) is 12.2. The van der Waals surface area contributed by atoms with Crippen molar-refractivity contribution in [2.24, 2.45) is 0 Å². The van der Waals surface area contributed by atoms with E-state index in [0.717, 1.165) is 25.9 Å². The summed E-state index contributed by atoms with van der Waals surface area (Å²) < 4.78 is 32.3. The average Bonchev–Trinajstić information content (AvgIpc) is 2.84. The zero-order chi connectivity index (χ0) is 22.7. The Labute approximate surface area is 189 Å². The Kier molecular flexibility index (Phi) is 14.5. The predicted octanol–water partition coefficient (Wildman–Crippen LogP) is 1.25. The number of nitrogens with one attached hydrogen (secondary N) is 1. The first-order valence-electron chi connectivity index (χ1n) is 11.2. The van der Waals surface area contributed by atoms with Gasteiger partial charge in [0, 0.05) is 5.56 Å². The Morgan fingerprint density at radius 3 is 1.78 bits per heavy atom. The number of carbonyl (C=O) groups excluding carboxylic acids is 2. The minimum Gasteiger partial charge on any atom is -0.457 e. The third-order valence-electron chi connectivity index (χ3n) is 4.67. The molecule has 1 fully saturated rings. The maximum atomic E-state index is 11.8. The van der Waals surface area contributed by atoms with E-state index in [4.69, 9.17) is 28.4 Å². The average molecular weight is 454 g/mol. The van der Waals surface area contributed by atoms with Crippen LogP contribution in [0.15, 0.2) is 30.3 Å². The minimum absolute atomic E-state index is 0.0173. The third-order valence-corrected chi connectivity index (χ3v) is 4.67. The second kappa shape index (κ2) is 17.6. The first-order chi connectivity index (χ1) is 15.8. The molecule has 0 saturated carbocycles. The van der Waals surface area contributed by atoms with Crippen LogP contribution in [0.25, 0.3) is 0 Å². The summed E-state index contributed by atoms with van der Waals surface area (Å²) >= 11 is 0. The Hall–Kier alpha value is -1.88. The van der Waals surface area contributed by atoms with Gasteiger partial charge in [-0.25, -0.2) is 4.79 Å². The van der Waals surface area contributed by atoms with Gasteiger partial charge in [-0.05, 0) is 25.9 Å². The Balaban J connectivity index is 1.28. The molecule has 1 aromatic rings. The number of hydrogen-bond acceptors (Lipinski definition) is 9. The number of hydrogen-bond donors (Lipinski definition) is 1. The molecule has 0 radical (unpaired) electrons. The lowest BCUT2D eigenvalue weighted by atomic mass is 10.1. The highest BCUT2D eigenvalue weighted by Crippen LogP contribution is 2.06. The molecule has 0 aromatic heterocycles. The van der Waals surface area contributed by atoms with Crippen LogP contribution in [0.2, 0.25) is 0 Å². The molecule has 0 atom stereocenters. The van der Waals surface area contributed by atoms with E-state index >= 15 is 0 Å². The van der Waals surface area contributed by atoms with E-state index in [1.54, 1.807) is 30.3 Å². The van der Waals surface area contributed by atoms with Crippen molar-refractivity contribution in [3.8, 4) is 0 Å². The van der Waals surface area contributed by atoms with Crippen molar-refractivity contribution in [2.45, 2.75) is 18.9 Å². The van der Waals surface area contributed by atoms with Crippen molar-refractivity contribution in [1.29, 1.82) is 0 Å². The fourth-order valence-electron chi connectivity index (χ4n) is 2.96. The molecule has 1 aliphatic heterocycles. The molecule has 180 valence electrons. The molecule has 0 aliphatic carbocycles. The Bertz CT molecular complexity index is 622. The molecule has 1 heterocycles. The van der Waals surface area contributed by atoms with E-state index in [0.29, 0.717) is 64.5 Å². The lowest BCUT2D eigenvalue weighted by Crippen LogP contribution is -2.33. The van der Waals surface area contributed by atoms with E-state index in [9.17, 15) is 9.59 Å². The molecule has 1 N–H and O–H groups in total. The van der Waals surface area contributed by atoms with Crippen molar-refractivity contribution in [3.63, 3.8) is 0 Å². The van der Waals surface area contributed by atoms with Crippen LogP contribution in [-0.2, 0) is 33.2 Å². The molecule has 1 aromatic carbocycles. The van der Waals surface area contributed by atoms with Crippen LogP contribution >= 0.6 is 0 Å². The SMILES string of the molecule is O=C(OCCOCCOCCOCCOCCOC1CCNCC1)C(=O)c1ccccc1. The summed E-state index contributed by atoms with van der Waals surface area (Å²) in [6.45, 7) is 6.24. The molecule has 0 amide bonds. The zero-order valence-corrected chi connectivity index (χ0v) is 18.6. The molecule has 9 heteroatoms. The van der Waals surface area contributed by atoms with Crippen LogP contribution in [0.4, 0.5) is 0 Å². The Morgan fingerprint density at radius 2 is 1.22 bits per heavy atom. The number of carbonyl (C=O) groups is 2. The van der Waals surface area contributed by atoms with Gasteiger partial charge in [0.05, 0.1) is 65.6 Å². The van der Waals surface area contributed by atoms with Gasteiger partial charge < -0.3 is 33.7 Å². The van der Waals surface area contributed by atoms with Crippen molar-refractivity contribution < 1.29 is 38.0 Å². The molecular formula is C23H35NO8. The van der Waals surface area contributed by atoms with E-state index in [1.165, 1.54) is 0 Å². The lowest BCUT2D eigenvalue weighted by Gasteiger charge is -2.22. The van der Waals surface area contributed by atoms with Gasteiger partial charge in [0.25, 0.3) is 5.78 Å². The molecule has 0 unspecified atom stereocenters. The first-order valence-corrected chi connectivity index (χ1v) is 11.2. The van der Waals surface area contributed by atoms with E-state index in [1.807, 2.05) is 0 Å². The summed E-state index contributed by atoms with van der Waals surface area (Å²) in [7, 11) is 0. The molecule has 1 aliphatic rings. The van der Waals surface area contributed by atoms with Crippen LogP contribution in [0.1, 0.15) is 23.2 Å². The summed E-state index contributed by atoms with van der Waals surface area (Å²) in [6.07, 6.45) is 2.49. The van der Waals surface area contributed by atoms with Crippen molar-refractivity contribution in [1.82, 2.24) is 5.32 Å². The van der Waals surface area contributed by atoms with Gasteiger partial charge in [-0.2, -0.15) is 0 Å². The van der Waals surface area contributed by atoms with Crippen LogP contribution < -0.4 is 5.32 Å². The number of rotatable bonds is 18. The lowest BCUT2D eigenvalue weighted by molar-refractivity contribution is -0.139. The second-order valence-electron chi connectivity index (χ2n) is 7.10. The number of piperidine rings is 1. The molecule has 2 rings (SSSR count). The second-order valence-corrected chi connectivity index (χ2v) is 7.10. The molecule has 0 bridgehead atoms.